The molecule has 2 atom stereocenters. The summed E-state index contributed by atoms with van der Waals surface area (Å²) in [6.07, 6.45) is 1.73. The fraction of sp³-hybridized carbons (Fsp3) is 0.227. The predicted molar refractivity (Wildman–Crippen MR) is 114 cm³/mol. The lowest BCUT2D eigenvalue weighted by atomic mass is 10.0. The van der Waals surface area contributed by atoms with Crippen molar-refractivity contribution in [3.05, 3.63) is 75.7 Å². The molecule has 1 fully saturated rings. The molecule has 7 heteroatoms. The van der Waals surface area contributed by atoms with Gasteiger partial charge in [0.25, 0.3) is 0 Å². The van der Waals surface area contributed by atoms with E-state index in [-0.39, 0.29) is 17.8 Å². The Morgan fingerprint density at radius 1 is 1.10 bits per heavy atom. The quantitative estimate of drug-likeness (QED) is 0.543. The number of benzene rings is 2. The molecule has 150 valence electrons. The van der Waals surface area contributed by atoms with Crippen molar-refractivity contribution in [2.75, 3.05) is 11.9 Å². The molecule has 1 aliphatic heterocycles. The van der Waals surface area contributed by atoms with Gasteiger partial charge in [-0.15, -0.1) is 11.3 Å². The second-order valence-corrected chi connectivity index (χ2v) is 8.84. The van der Waals surface area contributed by atoms with Crippen LogP contribution in [0.5, 0.6) is 11.5 Å². The molecular formula is C22H20ClFN2O2S. The number of amides is 1. The van der Waals surface area contributed by atoms with Gasteiger partial charge in [-0.05, 0) is 86.0 Å². The van der Waals surface area contributed by atoms with E-state index in [4.69, 9.17) is 16.3 Å². The lowest BCUT2D eigenvalue weighted by Gasteiger charge is -2.12. The van der Waals surface area contributed by atoms with Gasteiger partial charge in [-0.3, -0.25) is 4.79 Å². The zero-order valence-corrected chi connectivity index (χ0v) is 17.1. The van der Waals surface area contributed by atoms with E-state index in [0.29, 0.717) is 23.1 Å². The largest absolute Gasteiger partial charge is 0.457 e. The van der Waals surface area contributed by atoms with E-state index in [1.165, 1.54) is 17.0 Å². The second kappa shape index (κ2) is 8.95. The molecule has 0 radical (unpaired) electrons. The van der Waals surface area contributed by atoms with Gasteiger partial charge >= 0.3 is 0 Å². The van der Waals surface area contributed by atoms with Crippen molar-refractivity contribution < 1.29 is 13.9 Å². The third kappa shape index (κ3) is 5.35. The van der Waals surface area contributed by atoms with Gasteiger partial charge in [0.2, 0.25) is 5.91 Å². The topological polar surface area (TPSA) is 50.4 Å². The number of hydrogen-bond donors (Lipinski definition) is 2. The van der Waals surface area contributed by atoms with Gasteiger partial charge in [0.05, 0.1) is 10.4 Å². The van der Waals surface area contributed by atoms with Crippen molar-refractivity contribution in [2.24, 2.45) is 5.92 Å². The molecule has 2 heterocycles. The first kappa shape index (κ1) is 19.9. The summed E-state index contributed by atoms with van der Waals surface area (Å²) in [4.78, 5) is 13.8. The highest BCUT2D eigenvalue weighted by Crippen LogP contribution is 2.27. The van der Waals surface area contributed by atoms with Crippen molar-refractivity contribution in [3.63, 3.8) is 0 Å². The van der Waals surface area contributed by atoms with E-state index >= 15 is 0 Å². The van der Waals surface area contributed by atoms with Crippen LogP contribution in [0.15, 0.2) is 60.7 Å². The summed E-state index contributed by atoms with van der Waals surface area (Å²) in [5, 5.41) is 6.25. The molecule has 1 amide bonds. The van der Waals surface area contributed by atoms with Crippen LogP contribution in [0, 0.1) is 11.7 Å². The number of anilines is 1. The van der Waals surface area contributed by atoms with Gasteiger partial charge in [0.1, 0.15) is 17.3 Å². The fourth-order valence-corrected chi connectivity index (χ4v) is 4.59. The smallest absolute Gasteiger partial charge is 0.241 e. The Balaban J connectivity index is 1.28. The van der Waals surface area contributed by atoms with E-state index in [0.717, 1.165) is 23.7 Å². The molecule has 1 aromatic heterocycles. The molecule has 0 spiro atoms. The van der Waals surface area contributed by atoms with E-state index in [9.17, 15) is 9.18 Å². The van der Waals surface area contributed by atoms with Crippen LogP contribution in [0.4, 0.5) is 10.1 Å². The van der Waals surface area contributed by atoms with E-state index in [1.807, 2.05) is 6.07 Å². The van der Waals surface area contributed by atoms with Crippen LogP contribution < -0.4 is 15.4 Å². The molecule has 1 aliphatic rings. The minimum atomic E-state index is -0.308. The second-order valence-electron chi connectivity index (χ2n) is 7.04. The maximum Gasteiger partial charge on any atom is 0.241 e. The normalized spacial score (nSPS) is 18.6. The third-order valence-corrected chi connectivity index (χ3v) is 6.08. The lowest BCUT2D eigenvalue weighted by molar-refractivity contribution is -0.117. The average molecular weight is 431 g/mol. The molecule has 4 rings (SSSR count). The number of halogens is 2. The summed E-state index contributed by atoms with van der Waals surface area (Å²) in [5.74, 6) is 1.24. The van der Waals surface area contributed by atoms with Crippen LogP contribution in [-0.2, 0) is 11.2 Å². The number of hydrogen-bond acceptors (Lipinski definition) is 4. The highest BCUT2D eigenvalue weighted by molar-refractivity contribution is 7.16. The van der Waals surface area contributed by atoms with Crippen molar-refractivity contribution in [1.29, 1.82) is 0 Å². The fourth-order valence-electron chi connectivity index (χ4n) is 3.38. The minimum Gasteiger partial charge on any atom is -0.457 e. The summed E-state index contributed by atoms with van der Waals surface area (Å²) < 4.78 is 19.4. The Morgan fingerprint density at radius 2 is 1.79 bits per heavy atom. The van der Waals surface area contributed by atoms with Crippen LogP contribution in [0.1, 0.15) is 11.3 Å². The average Bonchev–Trinajstić information content (AvgIpc) is 3.34. The van der Waals surface area contributed by atoms with Crippen molar-refractivity contribution >= 4 is 34.5 Å². The number of ether oxygens (including phenoxy) is 1. The van der Waals surface area contributed by atoms with Crippen molar-refractivity contribution in [1.82, 2.24) is 5.32 Å². The maximum atomic E-state index is 13.0. The van der Waals surface area contributed by atoms with Gasteiger partial charge < -0.3 is 15.4 Å². The predicted octanol–water partition coefficient (Wildman–Crippen LogP) is 5.49. The zero-order chi connectivity index (χ0) is 20.2. The number of carbonyl (C=O) groups excluding carboxylic acids is 1. The summed E-state index contributed by atoms with van der Waals surface area (Å²) in [6.45, 7) is 0.818. The molecule has 4 nitrogen and oxygen atoms in total. The van der Waals surface area contributed by atoms with Gasteiger partial charge in [-0.25, -0.2) is 4.39 Å². The van der Waals surface area contributed by atoms with Crippen LogP contribution in [0.3, 0.4) is 0 Å². The van der Waals surface area contributed by atoms with Crippen LogP contribution in [0.25, 0.3) is 0 Å². The summed E-state index contributed by atoms with van der Waals surface area (Å²) >= 11 is 7.59. The Bertz CT molecular complexity index is 975. The molecular weight excluding hydrogens is 411 g/mol. The number of rotatable bonds is 6. The van der Waals surface area contributed by atoms with E-state index < -0.39 is 0 Å². The van der Waals surface area contributed by atoms with Gasteiger partial charge in [-0.1, -0.05) is 11.6 Å². The van der Waals surface area contributed by atoms with Crippen molar-refractivity contribution in [3.8, 4) is 11.5 Å². The Morgan fingerprint density at radius 3 is 2.45 bits per heavy atom. The first-order valence-electron chi connectivity index (χ1n) is 9.37. The summed E-state index contributed by atoms with van der Waals surface area (Å²) in [5.41, 5.74) is 0.705. The minimum absolute atomic E-state index is 0.0380. The molecule has 1 saturated heterocycles. The zero-order valence-electron chi connectivity index (χ0n) is 15.5. The van der Waals surface area contributed by atoms with Crippen LogP contribution >= 0.6 is 22.9 Å². The van der Waals surface area contributed by atoms with E-state index in [2.05, 4.69) is 16.7 Å². The monoisotopic (exact) mass is 430 g/mol. The maximum absolute atomic E-state index is 13.0. The molecule has 0 aliphatic carbocycles. The first-order valence-corrected chi connectivity index (χ1v) is 10.6. The lowest BCUT2D eigenvalue weighted by Crippen LogP contribution is -2.35. The Labute approximate surface area is 177 Å². The Hall–Kier alpha value is -2.41. The van der Waals surface area contributed by atoms with Crippen LogP contribution in [0.2, 0.25) is 4.34 Å². The van der Waals surface area contributed by atoms with Gasteiger partial charge in [-0.2, -0.15) is 0 Å². The molecule has 0 saturated carbocycles. The number of carbonyl (C=O) groups is 1. The molecule has 3 aromatic rings. The Kier molecular flexibility index (Phi) is 6.13. The summed E-state index contributed by atoms with van der Waals surface area (Å²) in [6, 6.07) is 16.7. The highest BCUT2D eigenvalue weighted by Gasteiger charge is 2.29. The number of nitrogens with one attached hydrogen (secondary N) is 2. The molecule has 29 heavy (non-hydrogen) atoms. The number of thiophene rings is 1. The molecule has 0 bridgehead atoms. The van der Waals surface area contributed by atoms with Crippen molar-refractivity contribution in [2.45, 2.75) is 18.9 Å². The van der Waals surface area contributed by atoms with Gasteiger partial charge in [0.15, 0.2) is 0 Å². The third-order valence-electron chi connectivity index (χ3n) is 4.83. The SMILES string of the molecule is O=C(Nc1ccc(Oc2ccc(F)cc2)cc1)[C@@H]1C[C@@H](Cc2ccc(Cl)s2)CN1. The molecule has 2 N–H and O–H groups in total. The standard InChI is InChI=1S/C22H20ClFN2O2S/c23-21-10-9-19(29-21)11-14-12-20(25-13-14)22(27)26-16-3-7-18(8-4-16)28-17-5-1-15(24)2-6-17/h1-10,14,20,25H,11-13H2,(H,26,27)/t14-,20+/m1/s1. The molecule has 2 aromatic carbocycles. The van der Waals surface area contributed by atoms with Crippen LogP contribution in [-0.4, -0.2) is 18.5 Å². The highest BCUT2D eigenvalue weighted by atomic mass is 35.5. The summed E-state index contributed by atoms with van der Waals surface area (Å²) in [7, 11) is 0. The van der Waals surface area contributed by atoms with Gasteiger partial charge in [0, 0.05) is 10.6 Å². The first-order chi connectivity index (χ1) is 14.0. The van der Waals surface area contributed by atoms with E-state index in [1.54, 1.807) is 47.7 Å². The molecule has 0 unspecified atom stereocenters.